The van der Waals surface area contributed by atoms with Crippen molar-refractivity contribution in [2.45, 2.75) is 141 Å². The van der Waals surface area contributed by atoms with Crippen LogP contribution in [0.15, 0.2) is 0 Å². The van der Waals surface area contributed by atoms with E-state index < -0.39 is 77.5 Å². The summed E-state index contributed by atoms with van der Waals surface area (Å²) >= 11 is 0. The summed E-state index contributed by atoms with van der Waals surface area (Å²) in [6, 6.07) is -0.515. The molecule has 5 N–H and O–H groups in total. The number of esters is 1. The molecular weight excluding hydrogens is 546 g/mol. The molecule has 0 radical (unpaired) electrons. The lowest BCUT2D eigenvalue weighted by Crippen LogP contribution is -2.59. The molecule has 0 spiro atoms. The van der Waals surface area contributed by atoms with Gasteiger partial charge in [-0.05, 0) is 66.8 Å². The molecule has 42 heavy (non-hydrogen) atoms. The van der Waals surface area contributed by atoms with Gasteiger partial charge in [-0.3, -0.25) is 4.79 Å². The Bertz CT molecular complexity index is 856. The van der Waals surface area contributed by atoms with Gasteiger partial charge in [0, 0.05) is 38.5 Å². The molecule has 0 aromatic heterocycles. The normalized spacial score (nSPS) is 48.6. The molecule has 2 aliphatic rings. The van der Waals surface area contributed by atoms with Crippen LogP contribution in [-0.4, -0.2) is 113 Å². The Morgan fingerprint density at radius 3 is 2.19 bits per heavy atom. The molecule has 2 saturated heterocycles. The van der Waals surface area contributed by atoms with E-state index >= 15 is 0 Å². The molecule has 2 fully saturated rings. The molecule has 0 saturated carbocycles. The van der Waals surface area contributed by atoms with Crippen molar-refractivity contribution in [2.75, 3.05) is 27.4 Å². The molecule has 2 heterocycles. The SMILES string of the molecule is CC[C@H]1OC(=O)[C@H](C)[C@@H](O[C@H]2C[C@@](C)(OC)C(CO)[C@H](C)O2)[C@H](C)[C@@H](OC)[C@](C)(O)C[C@@H](C)CN[C@H](C)[C@@H](O)[C@]1(C)O. The third-order valence-electron chi connectivity index (χ3n) is 9.89. The first-order chi connectivity index (χ1) is 19.4. The predicted molar refractivity (Wildman–Crippen MR) is 158 cm³/mol. The zero-order valence-electron chi connectivity index (χ0n) is 27.6. The molecule has 0 aliphatic carbocycles. The highest BCUT2D eigenvalue weighted by molar-refractivity contribution is 5.73. The Balaban J connectivity index is 2.55. The van der Waals surface area contributed by atoms with Crippen LogP contribution in [-0.2, 0) is 28.5 Å². The Morgan fingerprint density at radius 1 is 1.05 bits per heavy atom. The summed E-state index contributed by atoms with van der Waals surface area (Å²) in [6.45, 7) is 16.4. The number of methoxy groups -OCH3 is 2. The van der Waals surface area contributed by atoms with Gasteiger partial charge in [-0.2, -0.15) is 0 Å². The van der Waals surface area contributed by atoms with Crippen molar-refractivity contribution in [3.05, 3.63) is 0 Å². The maximum atomic E-state index is 13.7. The van der Waals surface area contributed by atoms with Crippen molar-refractivity contribution in [2.24, 2.45) is 23.7 Å². The van der Waals surface area contributed by atoms with Crippen LogP contribution in [0.2, 0.25) is 0 Å². The number of cyclic esters (lactones) is 1. The second-order valence-corrected chi connectivity index (χ2v) is 13.6. The average molecular weight is 606 g/mol. The minimum Gasteiger partial charge on any atom is -0.459 e. The maximum Gasteiger partial charge on any atom is 0.311 e. The molecular formula is C31H59NO10. The van der Waals surface area contributed by atoms with Crippen molar-refractivity contribution in [3.63, 3.8) is 0 Å². The summed E-state index contributed by atoms with van der Waals surface area (Å²) in [5, 5.41) is 47.5. The summed E-state index contributed by atoms with van der Waals surface area (Å²) in [6.07, 6.45) is -4.00. The van der Waals surface area contributed by atoms with Gasteiger partial charge in [0.15, 0.2) is 6.29 Å². The van der Waals surface area contributed by atoms with Gasteiger partial charge in [0.25, 0.3) is 0 Å². The summed E-state index contributed by atoms with van der Waals surface area (Å²) in [4.78, 5) is 13.7. The number of hydrogen-bond donors (Lipinski definition) is 5. The minimum atomic E-state index is -1.73. The van der Waals surface area contributed by atoms with E-state index in [0.717, 1.165) is 0 Å². The summed E-state index contributed by atoms with van der Waals surface area (Å²) in [5.41, 5.74) is -3.77. The fourth-order valence-corrected chi connectivity index (χ4v) is 7.18. The highest BCUT2D eigenvalue weighted by atomic mass is 16.7. The first kappa shape index (κ1) is 37.3. The van der Waals surface area contributed by atoms with Gasteiger partial charge in [0.1, 0.15) is 17.8 Å². The van der Waals surface area contributed by atoms with E-state index in [4.69, 9.17) is 23.7 Å². The summed E-state index contributed by atoms with van der Waals surface area (Å²) in [7, 11) is 3.12. The van der Waals surface area contributed by atoms with E-state index in [-0.39, 0.29) is 24.9 Å². The number of nitrogens with one attached hydrogen (secondary N) is 1. The quantitative estimate of drug-likeness (QED) is 0.282. The number of aliphatic hydroxyl groups is 4. The monoisotopic (exact) mass is 605 g/mol. The van der Waals surface area contributed by atoms with Crippen LogP contribution in [0.1, 0.15) is 81.6 Å². The number of hydrogen-bond acceptors (Lipinski definition) is 11. The standard InChI is InChI=1S/C31H59NO10/c1-12-23-31(9,37)26(34)20(5)32-15-17(2)13-29(7,36)27(38-10)18(3)25(19(4)28(35)41-23)42-24-14-30(8,39-11)22(16-33)21(6)40-24/h17-27,32-34,36-37H,12-16H2,1-11H3/t17-,18+,19-,20-,21+,22?,23-,24+,25+,26-,27-,29-,30-,31-/m1/s1. The number of ether oxygens (including phenoxy) is 5. The van der Waals surface area contributed by atoms with E-state index in [2.05, 4.69) is 5.32 Å². The Kier molecular flexibility index (Phi) is 13.3. The lowest BCUT2D eigenvalue weighted by atomic mass is 9.77. The van der Waals surface area contributed by atoms with Gasteiger partial charge in [-0.15, -0.1) is 0 Å². The molecule has 1 unspecified atom stereocenters. The van der Waals surface area contributed by atoms with Gasteiger partial charge in [0.05, 0.1) is 42.0 Å². The smallest absolute Gasteiger partial charge is 0.311 e. The molecule has 248 valence electrons. The molecule has 0 aromatic rings. The average Bonchev–Trinajstić information content (AvgIpc) is 2.91. The van der Waals surface area contributed by atoms with Crippen LogP contribution >= 0.6 is 0 Å². The van der Waals surface area contributed by atoms with E-state index in [1.165, 1.54) is 14.0 Å². The van der Waals surface area contributed by atoms with Crippen molar-refractivity contribution >= 4 is 5.97 Å². The van der Waals surface area contributed by atoms with Gasteiger partial charge in [-0.1, -0.05) is 20.8 Å². The topological polar surface area (TPSA) is 156 Å². The molecule has 0 amide bonds. The number of aliphatic hydroxyl groups excluding tert-OH is 2. The Hall–Kier alpha value is -0.890. The van der Waals surface area contributed by atoms with Gasteiger partial charge in [-0.25, -0.2) is 0 Å². The minimum absolute atomic E-state index is 0.0217. The van der Waals surface area contributed by atoms with Crippen molar-refractivity contribution < 1.29 is 48.9 Å². The Morgan fingerprint density at radius 2 is 1.67 bits per heavy atom. The van der Waals surface area contributed by atoms with E-state index in [0.29, 0.717) is 19.4 Å². The summed E-state index contributed by atoms with van der Waals surface area (Å²) < 4.78 is 30.4. The van der Waals surface area contributed by atoms with Crippen LogP contribution in [0.25, 0.3) is 0 Å². The van der Waals surface area contributed by atoms with Crippen LogP contribution in [0.5, 0.6) is 0 Å². The highest BCUT2D eigenvalue weighted by Gasteiger charge is 2.50. The third-order valence-corrected chi connectivity index (χ3v) is 9.89. The fraction of sp³-hybridized carbons (Fsp3) is 0.968. The zero-order valence-corrected chi connectivity index (χ0v) is 27.6. The van der Waals surface area contributed by atoms with Crippen molar-refractivity contribution in [1.29, 1.82) is 0 Å². The first-order valence-electron chi connectivity index (χ1n) is 15.5. The fourth-order valence-electron chi connectivity index (χ4n) is 7.18. The maximum absolute atomic E-state index is 13.7. The second kappa shape index (κ2) is 14.9. The first-order valence-corrected chi connectivity index (χ1v) is 15.5. The van der Waals surface area contributed by atoms with Crippen LogP contribution in [0.4, 0.5) is 0 Å². The lowest BCUT2D eigenvalue weighted by Gasteiger charge is -2.48. The number of carbonyl (C=O) groups is 1. The van der Waals surface area contributed by atoms with E-state index in [1.807, 2.05) is 27.7 Å². The summed E-state index contributed by atoms with van der Waals surface area (Å²) in [5.74, 6) is -2.29. The van der Waals surface area contributed by atoms with Crippen LogP contribution in [0.3, 0.4) is 0 Å². The zero-order chi connectivity index (χ0) is 32.2. The van der Waals surface area contributed by atoms with Crippen molar-refractivity contribution in [3.8, 4) is 0 Å². The predicted octanol–water partition coefficient (Wildman–Crippen LogP) is 2.01. The molecule has 14 atom stereocenters. The highest BCUT2D eigenvalue weighted by Crippen LogP contribution is 2.40. The molecule has 0 aromatic carbocycles. The molecule has 11 heteroatoms. The molecule has 2 aliphatic heterocycles. The lowest BCUT2D eigenvalue weighted by molar-refractivity contribution is -0.292. The third kappa shape index (κ3) is 8.22. The number of rotatable bonds is 6. The van der Waals surface area contributed by atoms with Gasteiger partial charge >= 0.3 is 5.97 Å². The second-order valence-electron chi connectivity index (χ2n) is 13.6. The van der Waals surface area contributed by atoms with Crippen LogP contribution in [0, 0.1) is 23.7 Å². The van der Waals surface area contributed by atoms with E-state index in [1.54, 1.807) is 34.8 Å². The molecule has 2 rings (SSSR count). The van der Waals surface area contributed by atoms with Gasteiger partial charge in [0.2, 0.25) is 0 Å². The van der Waals surface area contributed by atoms with Crippen molar-refractivity contribution in [1.82, 2.24) is 5.32 Å². The largest absolute Gasteiger partial charge is 0.459 e. The molecule has 11 nitrogen and oxygen atoms in total. The van der Waals surface area contributed by atoms with Gasteiger partial charge < -0.3 is 49.4 Å². The molecule has 0 bridgehead atoms. The number of carbonyl (C=O) groups excluding carboxylic acids is 1. The van der Waals surface area contributed by atoms with E-state index in [9.17, 15) is 25.2 Å². The van der Waals surface area contributed by atoms with Crippen LogP contribution < -0.4 is 5.32 Å². The Labute approximate surface area is 252 Å².